The van der Waals surface area contributed by atoms with Gasteiger partial charge in [0.15, 0.2) is 5.79 Å². The maximum atomic E-state index is 12.4. The number of nitrogens with zero attached hydrogens (tertiary/aromatic N) is 1. The van der Waals surface area contributed by atoms with Crippen molar-refractivity contribution in [1.29, 1.82) is 0 Å². The van der Waals surface area contributed by atoms with E-state index in [9.17, 15) is 4.79 Å². The Hall–Kier alpha value is -1.59. The van der Waals surface area contributed by atoms with Gasteiger partial charge in [-0.1, -0.05) is 30.3 Å². The van der Waals surface area contributed by atoms with Gasteiger partial charge in [0.25, 0.3) is 0 Å². The Balaban J connectivity index is 1.92. The number of carbonyl (C=O) groups is 1. The van der Waals surface area contributed by atoms with Crippen LogP contribution in [0, 0.1) is 0 Å². The molecule has 0 unspecified atom stereocenters. The first-order valence-electron chi connectivity index (χ1n) is 7.93. The summed E-state index contributed by atoms with van der Waals surface area (Å²) in [4.78, 5) is 14.2. The Labute approximate surface area is 131 Å². The molecule has 0 aromatic heterocycles. The highest BCUT2D eigenvalue weighted by atomic mass is 16.7. The van der Waals surface area contributed by atoms with Gasteiger partial charge in [-0.15, -0.1) is 0 Å². The van der Waals surface area contributed by atoms with Crippen LogP contribution in [0.25, 0.3) is 0 Å². The van der Waals surface area contributed by atoms with Crippen LogP contribution in [0.1, 0.15) is 38.3 Å². The normalized spacial score (nSPS) is 27.1. The molecule has 2 saturated heterocycles. The minimum atomic E-state index is -0.567. The van der Waals surface area contributed by atoms with E-state index in [1.54, 1.807) is 0 Å². The average Bonchev–Trinajstić information content (AvgIpc) is 2.95. The lowest BCUT2D eigenvalue weighted by Crippen LogP contribution is -2.53. The van der Waals surface area contributed by atoms with Crippen molar-refractivity contribution in [3.05, 3.63) is 35.9 Å². The number of hydrogen-bond donors (Lipinski definition) is 0. The van der Waals surface area contributed by atoms with Crippen LogP contribution in [0.3, 0.4) is 0 Å². The number of rotatable bonds is 2. The summed E-state index contributed by atoms with van der Waals surface area (Å²) in [6.45, 7) is 5.47. The van der Waals surface area contributed by atoms with E-state index in [0.29, 0.717) is 32.7 Å². The maximum Gasteiger partial charge on any atom is 0.410 e. The predicted molar refractivity (Wildman–Crippen MR) is 81.4 cm³/mol. The minimum Gasteiger partial charge on any atom is -0.450 e. The van der Waals surface area contributed by atoms with Gasteiger partial charge in [0.05, 0.1) is 25.9 Å². The SMILES string of the molecule is CCOC(=O)N1[C@@H](C)CC2(C[C@H]1c1ccccc1)OCCO2. The van der Waals surface area contributed by atoms with E-state index in [1.165, 1.54) is 0 Å². The zero-order valence-electron chi connectivity index (χ0n) is 13.2. The van der Waals surface area contributed by atoms with Gasteiger partial charge in [0, 0.05) is 18.9 Å². The molecule has 2 aliphatic rings. The van der Waals surface area contributed by atoms with Crippen LogP contribution < -0.4 is 0 Å². The first kappa shape index (κ1) is 15.3. The van der Waals surface area contributed by atoms with Crippen LogP contribution in [0.2, 0.25) is 0 Å². The van der Waals surface area contributed by atoms with E-state index in [0.717, 1.165) is 5.56 Å². The Morgan fingerprint density at radius 2 is 1.95 bits per heavy atom. The Kier molecular flexibility index (Phi) is 4.36. The molecular weight excluding hydrogens is 282 g/mol. The molecule has 0 saturated carbocycles. The molecule has 5 nitrogen and oxygen atoms in total. The topological polar surface area (TPSA) is 48.0 Å². The van der Waals surface area contributed by atoms with Crippen LogP contribution in [0.5, 0.6) is 0 Å². The van der Waals surface area contributed by atoms with Gasteiger partial charge in [-0.3, -0.25) is 4.90 Å². The largest absolute Gasteiger partial charge is 0.450 e. The van der Waals surface area contributed by atoms with E-state index >= 15 is 0 Å². The second-order valence-electron chi connectivity index (χ2n) is 5.90. The monoisotopic (exact) mass is 305 g/mol. The summed E-state index contributed by atoms with van der Waals surface area (Å²) in [6.07, 6.45) is 1.05. The zero-order chi connectivity index (χ0) is 15.6. The summed E-state index contributed by atoms with van der Waals surface area (Å²) in [6, 6.07) is 9.93. The molecule has 0 bridgehead atoms. The summed E-state index contributed by atoms with van der Waals surface area (Å²) in [7, 11) is 0. The van der Waals surface area contributed by atoms with Crippen LogP contribution in [0.15, 0.2) is 30.3 Å². The fourth-order valence-electron chi connectivity index (χ4n) is 3.52. The number of hydrogen-bond acceptors (Lipinski definition) is 4. The minimum absolute atomic E-state index is 0.00361. The van der Waals surface area contributed by atoms with E-state index in [2.05, 4.69) is 0 Å². The average molecular weight is 305 g/mol. The van der Waals surface area contributed by atoms with Crippen LogP contribution in [-0.4, -0.2) is 42.6 Å². The van der Waals surface area contributed by atoms with Crippen molar-refractivity contribution in [1.82, 2.24) is 4.90 Å². The summed E-state index contributed by atoms with van der Waals surface area (Å²) < 4.78 is 17.0. The van der Waals surface area contributed by atoms with Gasteiger partial charge in [-0.05, 0) is 19.4 Å². The highest BCUT2D eigenvalue weighted by Crippen LogP contribution is 2.44. The molecule has 2 heterocycles. The Morgan fingerprint density at radius 1 is 1.27 bits per heavy atom. The van der Waals surface area contributed by atoms with Gasteiger partial charge in [0.1, 0.15) is 0 Å². The molecule has 22 heavy (non-hydrogen) atoms. The molecule has 2 aliphatic heterocycles. The van der Waals surface area contributed by atoms with E-state index in [-0.39, 0.29) is 18.2 Å². The number of carbonyl (C=O) groups excluding carboxylic acids is 1. The number of amides is 1. The molecule has 2 atom stereocenters. The highest BCUT2D eigenvalue weighted by Gasteiger charge is 2.49. The summed E-state index contributed by atoms with van der Waals surface area (Å²) >= 11 is 0. The quantitative estimate of drug-likeness (QED) is 0.842. The summed E-state index contributed by atoms with van der Waals surface area (Å²) in [5, 5.41) is 0. The van der Waals surface area contributed by atoms with Gasteiger partial charge in [-0.25, -0.2) is 4.79 Å². The molecule has 5 heteroatoms. The second kappa shape index (κ2) is 6.26. The third-order valence-electron chi connectivity index (χ3n) is 4.40. The van der Waals surface area contributed by atoms with Crippen molar-refractivity contribution >= 4 is 6.09 Å². The second-order valence-corrected chi connectivity index (χ2v) is 5.90. The third kappa shape index (κ3) is 2.83. The standard InChI is InChI=1S/C17H23NO4/c1-3-20-16(19)18-13(2)11-17(21-9-10-22-17)12-15(18)14-7-5-4-6-8-14/h4-8,13,15H,3,9-12H2,1-2H3/t13-,15-/m0/s1. The van der Waals surface area contributed by atoms with Gasteiger partial charge in [-0.2, -0.15) is 0 Å². The molecular formula is C17H23NO4. The molecule has 1 aromatic rings. The van der Waals surface area contributed by atoms with Crippen LogP contribution >= 0.6 is 0 Å². The fourth-order valence-corrected chi connectivity index (χ4v) is 3.52. The van der Waals surface area contributed by atoms with E-state index in [4.69, 9.17) is 14.2 Å². The highest BCUT2D eigenvalue weighted by molar-refractivity contribution is 5.69. The third-order valence-corrected chi connectivity index (χ3v) is 4.40. The van der Waals surface area contributed by atoms with Crippen molar-refractivity contribution in [3.63, 3.8) is 0 Å². The number of likely N-dealkylation sites (tertiary alicyclic amines) is 1. The molecule has 1 amide bonds. The smallest absolute Gasteiger partial charge is 0.410 e. The predicted octanol–water partition coefficient (Wildman–Crippen LogP) is 3.11. The van der Waals surface area contributed by atoms with Crippen molar-refractivity contribution in [2.24, 2.45) is 0 Å². The lowest BCUT2D eigenvalue weighted by atomic mass is 9.87. The molecule has 1 aromatic carbocycles. The molecule has 0 radical (unpaired) electrons. The van der Waals surface area contributed by atoms with E-state index in [1.807, 2.05) is 49.1 Å². The van der Waals surface area contributed by atoms with Gasteiger partial charge < -0.3 is 14.2 Å². The number of piperidine rings is 1. The first-order chi connectivity index (χ1) is 10.7. The van der Waals surface area contributed by atoms with Crippen molar-refractivity contribution < 1.29 is 19.0 Å². The van der Waals surface area contributed by atoms with Crippen molar-refractivity contribution in [2.45, 2.75) is 44.6 Å². The molecule has 2 fully saturated rings. The molecule has 0 aliphatic carbocycles. The van der Waals surface area contributed by atoms with Crippen LogP contribution in [0.4, 0.5) is 4.79 Å². The fraction of sp³-hybridized carbons (Fsp3) is 0.588. The summed E-state index contributed by atoms with van der Waals surface area (Å²) in [5.41, 5.74) is 1.08. The van der Waals surface area contributed by atoms with Crippen LogP contribution in [-0.2, 0) is 14.2 Å². The molecule has 3 rings (SSSR count). The first-order valence-corrected chi connectivity index (χ1v) is 7.93. The molecule has 1 spiro atoms. The molecule has 120 valence electrons. The van der Waals surface area contributed by atoms with Crippen molar-refractivity contribution in [2.75, 3.05) is 19.8 Å². The number of benzene rings is 1. The Morgan fingerprint density at radius 3 is 2.59 bits per heavy atom. The molecule has 0 N–H and O–H groups in total. The number of ether oxygens (including phenoxy) is 3. The van der Waals surface area contributed by atoms with Gasteiger partial charge >= 0.3 is 6.09 Å². The van der Waals surface area contributed by atoms with E-state index < -0.39 is 5.79 Å². The zero-order valence-corrected chi connectivity index (χ0v) is 13.2. The summed E-state index contributed by atoms with van der Waals surface area (Å²) in [5.74, 6) is -0.567. The van der Waals surface area contributed by atoms with Gasteiger partial charge in [0.2, 0.25) is 0 Å². The lowest BCUT2D eigenvalue weighted by molar-refractivity contribution is -0.204. The lowest BCUT2D eigenvalue weighted by Gasteiger charge is -2.46. The maximum absolute atomic E-state index is 12.4. The Bertz CT molecular complexity index is 513. The van der Waals surface area contributed by atoms with Crippen molar-refractivity contribution in [3.8, 4) is 0 Å².